The highest BCUT2D eigenvalue weighted by Gasteiger charge is 2.11. The highest BCUT2D eigenvalue weighted by Crippen LogP contribution is 2.20. The molecule has 0 atom stereocenters. The van der Waals surface area contributed by atoms with E-state index in [-0.39, 0.29) is 0 Å². The molecule has 0 fully saturated rings. The van der Waals surface area contributed by atoms with Gasteiger partial charge in [0.05, 0.1) is 11.4 Å². The SMILES string of the molecule is CNCc1nc2ccc(C(C)C)nn2c1Br. The largest absolute Gasteiger partial charge is 0.314 e. The zero-order valence-electron chi connectivity index (χ0n) is 9.66. The molecule has 0 aliphatic heterocycles. The lowest BCUT2D eigenvalue weighted by Crippen LogP contribution is -2.06. The summed E-state index contributed by atoms with van der Waals surface area (Å²) in [4.78, 5) is 4.49. The van der Waals surface area contributed by atoms with Gasteiger partial charge in [0.25, 0.3) is 0 Å². The molecule has 16 heavy (non-hydrogen) atoms. The van der Waals surface area contributed by atoms with E-state index in [1.807, 2.05) is 23.7 Å². The van der Waals surface area contributed by atoms with E-state index in [1.54, 1.807) is 0 Å². The lowest BCUT2D eigenvalue weighted by molar-refractivity contribution is 0.752. The van der Waals surface area contributed by atoms with E-state index in [1.165, 1.54) is 0 Å². The van der Waals surface area contributed by atoms with Crippen LogP contribution in [-0.4, -0.2) is 21.6 Å². The number of fused-ring (bicyclic) bond motifs is 1. The van der Waals surface area contributed by atoms with Crippen LogP contribution in [0.4, 0.5) is 0 Å². The van der Waals surface area contributed by atoms with Crippen molar-refractivity contribution in [2.24, 2.45) is 0 Å². The molecule has 2 aromatic rings. The molecule has 2 rings (SSSR count). The van der Waals surface area contributed by atoms with Crippen LogP contribution in [0.15, 0.2) is 16.7 Å². The molecular weight excluding hydrogens is 268 g/mol. The maximum absolute atomic E-state index is 4.56. The third kappa shape index (κ3) is 1.97. The minimum absolute atomic E-state index is 0.423. The van der Waals surface area contributed by atoms with Crippen LogP contribution in [0, 0.1) is 0 Å². The van der Waals surface area contributed by atoms with Crippen LogP contribution in [0.5, 0.6) is 0 Å². The maximum atomic E-state index is 4.56. The van der Waals surface area contributed by atoms with Crippen molar-refractivity contribution in [1.82, 2.24) is 19.9 Å². The van der Waals surface area contributed by atoms with Crippen molar-refractivity contribution in [3.8, 4) is 0 Å². The van der Waals surface area contributed by atoms with E-state index in [2.05, 4.69) is 45.2 Å². The summed E-state index contributed by atoms with van der Waals surface area (Å²) in [5.74, 6) is 0.423. The van der Waals surface area contributed by atoms with Gasteiger partial charge in [-0.05, 0) is 41.0 Å². The van der Waals surface area contributed by atoms with Crippen LogP contribution < -0.4 is 5.32 Å². The van der Waals surface area contributed by atoms with Gasteiger partial charge in [-0.2, -0.15) is 5.10 Å². The number of hydrogen-bond acceptors (Lipinski definition) is 3. The van der Waals surface area contributed by atoms with Crippen molar-refractivity contribution < 1.29 is 0 Å². The van der Waals surface area contributed by atoms with E-state index < -0.39 is 0 Å². The molecule has 5 heteroatoms. The summed E-state index contributed by atoms with van der Waals surface area (Å²) >= 11 is 3.53. The number of nitrogens with one attached hydrogen (secondary N) is 1. The molecule has 0 bridgehead atoms. The van der Waals surface area contributed by atoms with Crippen LogP contribution >= 0.6 is 15.9 Å². The van der Waals surface area contributed by atoms with Gasteiger partial charge in [0.15, 0.2) is 5.65 Å². The molecule has 0 unspecified atom stereocenters. The van der Waals surface area contributed by atoms with Gasteiger partial charge in [-0.1, -0.05) is 13.8 Å². The highest BCUT2D eigenvalue weighted by atomic mass is 79.9. The number of nitrogens with zero attached hydrogens (tertiary/aromatic N) is 3. The first-order valence-electron chi connectivity index (χ1n) is 5.32. The Labute approximate surface area is 103 Å². The maximum Gasteiger partial charge on any atom is 0.155 e. The van der Waals surface area contributed by atoms with Gasteiger partial charge in [-0.3, -0.25) is 0 Å². The predicted molar refractivity (Wildman–Crippen MR) is 67.5 cm³/mol. The van der Waals surface area contributed by atoms with Gasteiger partial charge in [0, 0.05) is 6.54 Å². The van der Waals surface area contributed by atoms with E-state index in [4.69, 9.17) is 0 Å². The smallest absolute Gasteiger partial charge is 0.155 e. The lowest BCUT2D eigenvalue weighted by atomic mass is 10.1. The van der Waals surface area contributed by atoms with Crippen LogP contribution in [0.25, 0.3) is 5.65 Å². The lowest BCUT2D eigenvalue weighted by Gasteiger charge is -2.04. The first-order chi connectivity index (χ1) is 7.63. The topological polar surface area (TPSA) is 42.2 Å². The second-order valence-electron chi connectivity index (χ2n) is 4.06. The number of aromatic nitrogens is 3. The number of imidazole rings is 1. The molecule has 86 valence electrons. The molecule has 0 aliphatic carbocycles. The van der Waals surface area contributed by atoms with E-state index >= 15 is 0 Å². The molecule has 1 N–H and O–H groups in total. The first kappa shape index (κ1) is 11.5. The molecule has 0 spiro atoms. The Morgan fingerprint density at radius 2 is 2.19 bits per heavy atom. The minimum atomic E-state index is 0.423. The molecule has 0 radical (unpaired) electrons. The molecule has 4 nitrogen and oxygen atoms in total. The number of halogens is 1. The van der Waals surface area contributed by atoms with Crippen LogP contribution in [-0.2, 0) is 6.54 Å². The molecule has 0 aliphatic rings. The van der Waals surface area contributed by atoms with Crippen LogP contribution in [0.2, 0.25) is 0 Å². The molecular formula is C11H15BrN4. The van der Waals surface area contributed by atoms with Gasteiger partial charge >= 0.3 is 0 Å². The van der Waals surface area contributed by atoms with Crippen molar-refractivity contribution in [1.29, 1.82) is 0 Å². The third-order valence-corrected chi connectivity index (χ3v) is 3.24. The van der Waals surface area contributed by atoms with Crippen molar-refractivity contribution in [2.75, 3.05) is 7.05 Å². The predicted octanol–water partition coefficient (Wildman–Crippen LogP) is 2.33. The molecule has 0 aromatic carbocycles. The molecule has 0 saturated heterocycles. The fourth-order valence-electron chi connectivity index (χ4n) is 1.55. The molecule has 2 aromatic heterocycles. The monoisotopic (exact) mass is 282 g/mol. The van der Waals surface area contributed by atoms with Gasteiger partial charge in [0.2, 0.25) is 0 Å². The average Bonchev–Trinajstić information content (AvgIpc) is 2.56. The Kier molecular flexibility index (Phi) is 3.25. The summed E-state index contributed by atoms with van der Waals surface area (Å²) in [5.41, 5.74) is 2.93. The van der Waals surface area contributed by atoms with Crippen LogP contribution in [0.3, 0.4) is 0 Å². The van der Waals surface area contributed by atoms with Gasteiger partial charge in [0.1, 0.15) is 4.60 Å². The second kappa shape index (κ2) is 4.51. The Morgan fingerprint density at radius 1 is 1.44 bits per heavy atom. The normalized spacial score (nSPS) is 11.6. The van der Waals surface area contributed by atoms with Gasteiger partial charge in [-0.15, -0.1) is 0 Å². The summed E-state index contributed by atoms with van der Waals surface area (Å²) in [6, 6.07) is 4.04. The molecule has 0 saturated carbocycles. The van der Waals surface area contributed by atoms with Gasteiger partial charge in [-0.25, -0.2) is 9.50 Å². The summed E-state index contributed by atoms with van der Waals surface area (Å²) < 4.78 is 2.78. The van der Waals surface area contributed by atoms with Crippen molar-refractivity contribution >= 4 is 21.6 Å². The summed E-state index contributed by atoms with van der Waals surface area (Å²) in [6.45, 7) is 5.00. The Hall–Kier alpha value is -0.940. The number of rotatable bonds is 3. The first-order valence-corrected chi connectivity index (χ1v) is 6.11. The Bertz CT molecular complexity index is 504. The summed E-state index contributed by atoms with van der Waals surface area (Å²) in [5, 5.41) is 7.65. The van der Waals surface area contributed by atoms with Crippen LogP contribution in [0.1, 0.15) is 31.2 Å². The quantitative estimate of drug-likeness (QED) is 0.940. The third-order valence-electron chi connectivity index (χ3n) is 2.44. The second-order valence-corrected chi connectivity index (χ2v) is 4.81. The summed E-state index contributed by atoms with van der Waals surface area (Å²) in [6.07, 6.45) is 0. The van der Waals surface area contributed by atoms with Gasteiger partial charge < -0.3 is 5.32 Å². The zero-order valence-corrected chi connectivity index (χ0v) is 11.2. The average molecular weight is 283 g/mol. The van der Waals surface area contributed by atoms with Crippen molar-refractivity contribution in [3.63, 3.8) is 0 Å². The fourth-order valence-corrected chi connectivity index (χ4v) is 2.04. The highest BCUT2D eigenvalue weighted by molar-refractivity contribution is 9.10. The summed E-state index contributed by atoms with van der Waals surface area (Å²) in [7, 11) is 1.91. The van der Waals surface area contributed by atoms with E-state index in [9.17, 15) is 0 Å². The fraction of sp³-hybridized carbons (Fsp3) is 0.455. The number of hydrogen-bond donors (Lipinski definition) is 1. The zero-order chi connectivity index (χ0) is 11.7. The Balaban J connectivity index is 2.55. The van der Waals surface area contributed by atoms with E-state index in [0.717, 1.165) is 28.2 Å². The van der Waals surface area contributed by atoms with Crippen molar-refractivity contribution in [3.05, 3.63) is 28.1 Å². The minimum Gasteiger partial charge on any atom is -0.314 e. The Morgan fingerprint density at radius 3 is 2.81 bits per heavy atom. The standard InChI is InChI=1S/C11H15BrN4/c1-7(2)8-4-5-10-14-9(6-13-3)11(12)16(10)15-8/h4-5,7,13H,6H2,1-3H3. The molecule has 2 heterocycles. The van der Waals surface area contributed by atoms with Crippen molar-refractivity contribution in [2.45, 2.75) is 26.3 Å². The molecule has 0 amide bonds. The van der Waals surface area contributed by atoms with E-state index in [0.29, 0.717) is 5.92 Å².